The van der Waals surface area contributed by atoms with Gasteiger partial charge in [-0.2, -0.15) is 5.26 Å². The largest absolute Gasteiger partial charge is 0.298 e. The normalized spacial score (nSPS) is 25.5. The Kier molecular flexibility index (Phi) is 3.75. The molecule has 2 unspecified atom stereocenters. The quantitative estimate of drug-likeness (QED) is 0.782. The van der Waals surface area contributed by atoms with E-state index >= 15 is 0 Å². The summed E-state index contributed by atoms with van der Waals surface area (Å²) in [4.78, 5) is 6.55. The minimum Gasteiger partial charge on any atom is -0.298 e. The molecule has 0 spiro atoms. The van der Waals surface area contributed by atoms with Gasteiger partial charge in [0.1, 0.15) is 11.8 Å². The van der Waals surface area contributed by atoms with Crippen molar-refractivity contribution in [2.45, 2.75) is 26.8 Å². The van der Waals surface area contributed by atoms with Gasteiger partial charge in [0.25, 0.3) is 0 Å². The summed E-state index contributed by atoms with van der Waals surface area (Å²) < 4.78 is 0. The second-order valence-corrected chi connectivity index (χ2v) is 5.26. The summed E-state index contributed by atoms with van der Waals surface area (Å²) in [5, 5.41) is 9.02. The molecule has 0 aliphatic carbocycles. The third-order valence-corrected chi connectivity index (χ3v) is 3.34. The molecule has 1 aliphatic rings. The number of hydrogen-bond donors (Lipinski definition) is 0. The van der Waals surface area contributed by atoms with E-state index in [9.17, 15) is 0 Å². The van der Waals surface area contributed by atoms with Gasteiger partial charge in [0.2, 0.25) is 0 Å². The fourth-order valence-electron chi connectivity index (χ4n) is 2.83. The molecule has 0 bridgehead atoms. The maximum atomic E-state index is 9.02. The summed E-state index contributed by atoms with van der Waals surface area (Å²) in [5.41, 5.74) is 1.62. The first-order valence-electron chi connectivity index (χ1n) is 6.25. The Morgan fingerprint density at radius 2 is 2.12 bits per heavy atom. The minimum atomic E-state index is 0.568. The van der Waals surface area contributed by atoms with E-state index in [-0.39, 0.29) is 0 Å². The molecule has 1 fully saturated rings. The highest BCUT2D eigenvalue weighted by atomic mass is 15.1. The summed E-state index contributed by atoms with van der Waals surface area (Å²) in [6.45, 7) is 7.72. The number of nitrogens with zero attached hydrogens (tertiary/aromatic N) is 3. The molecule has 1 aliphatic heterocycles. The van der Waals surface area contributed by atoms with Crippen LogP contribution in [0.5, 0.6) is 0 Å². The zero-order valence-corrected chi connectivity index (χ0v) is 10.6. The van der Waals surface area contributed by atoms with Crippen molar-refractivity contribution in [3.8, 4) is 6.07 Å². The Morgan fingerprint density at radius 1 is 1.41 bits per heavy atom. The van der Waals surface area contributed by atoms with E-state index in [1.165, 1.54) is 6.42 Å². The summed E-state index contributed by atoms with van der Waals surface area (Å²) in [6, 6.07) is 6.09. The predicted molar refractivity (Wildman–Crippen MR) is 67.2 cm³/mol. The van der Waals surface area contributed by atoms with Crippen molar-refractivity contribution in [1.82, 2.24) is 9.88 Å². The van der Waals surface area contributed by atoms with E-state index in [4.69, 9.17) is 5.26 Å². The molecule has 1 saturated heterocycles. The summed E-state index contributed by atoms with van der Waals surface area (Å²) >= 11 is 0. The van der Waals surface area contributed by atoms with Crippen molar-refractivity contribution in [3.63, 3.8) is 0 Å². The molecule has 3 heteroatoms. The van der Waals surface area contributed by atoms with Gasteiger partial charge in [-0.05, 0) is 24.3 Å². The highest BCUT2D eigenvalue weighted by Crippen LogP contribution is 2.22. The van der Waals surface area contributed by atoms with Crippen LogP contribution in [0.2, 0.25) is 0 Å². The number of aromatic nitrogens is 1. The van der Waals surface area contributed by atoms with Crippen molar-refractivity contribution in [2.24, 2.45) is 11.8 Å². The SMILES string of the molecule is CC1CC(C)CN(Cc2cccnc2C#N)C1. The van der Waals surface area contributed by atoms with Crippen LogP contribution in [0.25, 0.3) is 0 Å². The van der Waals surface area contributed by atoms with Gasteiger partial charge in [-0.15, -0.1) is 0 Å². The smallest absolute Gasteiger partial charge is 0.144 e. The molecule has 90 valence electrons. The standard InChI is InChI=1S/C14H19N3/c1-11-6-12(2)9-17(8-11)10-13-4-3-5-16-14(13)7-15/h3-5,11-12H,6,8-10H2,1-2H3. The van der Waals surface area contributed by atoms with Crippen molar-refractivity contribution in [1.29, 1.82) is 5.26 Å². The van der Waals surface area contributed by atoms with Gasteiger partial charge in [-0.3, -0.25) is 4.90 Å². The van der Waals surface area contributed by atoms with E-state index in [2.05, 4.69) is 29.8 Å². The van der Waals surface area contributed by atoms with Crippen LogP contribution in [0.15, 0.2) is 18.3 Å². The molecular formula is C14H19N3. The molecule has 0 radical (unpaired) electrons. The number of pyridine rings is 1. The first-order valence-corrected chi connectivity index (χ1v) is 6.25. The molecular weight excluding hydrogens is 210 g/mol. The molecule has 17 heavy (non-hydrogen) atoms. The maximum absolute atomic E-state index is 9.02. The number of nitriles is 1. The molecule has 3 nitrogen and oxygen atoms in total. The molecule has 0 N–H and O–H groups in total. The van der Waals surface area contributed by atoms with Crippen LogP contribution in [0.3, 0.4) is 0 Å². The van der Waals surface area contributed by atoms with Crippen molar-refractivity contribution < 1.29 is 0 Å². The number of hydrogen-bond acceptors (Lipinski definition) is 3. The van der Waals surface area contributed by atoms with Crippen molar-refractivity contribution >= 4 is 0 Å². The lowest BCUT2D eigenvalue weighted by molar-refractivity contribution is 0.134. The van der Waals surface area contributed by atoms with Gasteiger partial charge in [0.15, 0.2) is 0 Å². The number of likely N-dealkylation sites (tertiary alicyclic amines) is 1. The number of piperidine rings is 1. The molecule has 2 rings (SSSR count). The molecule has 2 atom stereocenters. The highest BCUT2D eigenvalue weighted by Gasteiger charge is 2.22. The fraction of sp³-hybridized carbons (Fsp3) is 0.571. The van der Waals surface area contributed by atoms with Crippen LogP contribution >= 0.6 is 0 Å². The zero-order chi connectivity index (χ0) is 12.3. The maximum Gasteiger partial charge on any atom is 0.144 e. The van der Waals surface area contributed by atoms with E-state index in [1.54, 1.807) is 6.20 Å². The summed E-state index contributed by atoms with van der Waals surface area (Å²) in [5.74, 6) is 1.50. The van der Waals surface area contributed by atoms with Gasteiger partial charge in [0, 0.05) is 31.4 Å². The van der Waals surface area contributed by atoms with Crippen LogP contribution in [0, 0.1) is 23.2 Å². The van der Waals surface area contributed by atoms with E-state index in [0.29, 0.717) is 5.69 Å². The van der Waals surface area contributed by atoms with Crippen LogP contribution in [0.1, 0.15) is 31.5 Å². The monoisotopic (exact) mass is 229 g/mol. The Hall–Kier alpha value is -1.40. The summed E-state index contributed by atoms with van der Waals surface area (Å²) in [7, 11) is 0. The summed E-state index contributed by atoms with van der Waals surface area (Å²) in [6.07, 6.45) is 3.00. The third kappa shape index (κ3) is 3.04. The fourth-order valence-corrected chi connectivity index (χ4v) is 2.83. The topological polar surface area (TPSA) is 39.9 Å². The van der Waals surface area contributed by atoms with Crippen LogP contribution in [-0.2, 0) is 6.54 Å². The van der Waals surface area contributed by atoms with Gasteiger partial charge in [-0.25, -0.2) is 4.98 Å². The number of rotatable bonds is 2. The predicted octanol–water partition coefficient (Wildman–Crippen LogP) is 2.43. The van der Waals surface area contributed by atoms with E-state index in [1.807, 2.05) is 12.1 Å². The van der Waals surface area contributed by atoms with E-state index in [0.717, 1.165) is 37.0 Å². The van der Waals surface area contributed by atoms with E-state index < -0.39 is 0 Å². The van der Waals surface area contributed by atoms with Gasteiger partial charge >= 0.3 is 0 Å². The Bertz CT molecular complexity index is 412. The molecule has 1 aromatic rings. The van der Waals surface area contributed by atoms with Crippen LogP contribution < -0.4 is 0 Å². The zero-order valence-electron chi connectivity index (χ0n) is 10.6. The third-order valence-electron chi connectivity index (χ3n) is 3.34. The molecule has 2 heterocycles. The average molecular weight is 229 g/mol. The lowest BCUT2D eigenvalue weighted by Crippen LogP contribution is -2.38. The van der Waals surface area contributed by atoms with Crippen molar-refractivity contribution in [3.05, 3.63) is 29.6 Å². The molecule has 0 aromatic carbocycles. The lowest BCUT2D eigenvalue weighted by atomic mass is 9.91. The Morgan fingerprint density at radius 3 is 2.76 bits per heavy atom. The minimum absolute atomic E-state index is 0.568. The van der Waals surface area contributed by atoms with Gasteiger partial charge < -0.3 is 0 Å². The van der Waals surface area contributed by atoms with Crippen molar-refractivity contribution in [2.75, 3.05) is 13.1 Å². The Labute approximate surface area is 103 Å². The highest BCUT2D eigenvalue weighted by molar-refractivity contribution is 5.30. The van der Waals surface area contributed by atoms with Gasteiger partial charge in [-0.1, -0.05) is 19.9 Å². The second kappa shape index (κ2) is 5.29. The first-order chi connectivity index (χ1) is 8.19. The van der Waals surface area contributed by atoms with Crippen LogP contribution in [0.4, 0.5) is 0 Å². The second-order valence-electron chi connectivity index (χ2n) is 5.26. The Balaban J connectivity index is 2.08. The van der Waals surface area contributed by atoms with Gasteiger partial charge in [0.05, 0.1) is 0 Å². The molecule has 0 saturated carbocycles. The average Bonchev–Trinajstić information content (AvgIpc) is 2.28. The first kappa shape index (κ1) is 12.1. The van der Waals surface area contributed by atoms with Crippen LogP contribution in [-0.4, -0.2) is 23.0 Å². The molecule has 1 aromatic heterocycles. The molecule has 0 amide bonds. The lowest BCUT2D eigenvalue weighted by Gasteiger charge is -2.35.